The van der Waals surface area contributed by atoms with Gasteiger partial charge in [-0.05, 0) is 30.5 Å². The first-order chi connectivity index (χ1) is 9.08. The molecule has 0 amide bonds. The summed E-state index contributed by atoms with van der Waals surface area (Å²) in [6, 6.07) is 9.23. The number of benzene rings is 1. The number of nitrogens with one attached hydrogen (secondary N) is 1. The van der Waals surface area contributed by atoms with E-state index in [4.69, 9.17) is 0 Å². The number of rotatable bonds is 5. The molecule has 0 aliphatic heterocycles. The van der Waals surface area contributed by atoms with Gasteiger partial charge in [-0.3, -0.25) is 10.1 Å². The molecule has 0 spiro atoms. The summed E-state index contributed by atoms with van der Waals surface area (Å²) in [6.45, 7) is 2.52. The van der Waals surface area contributed by atoms with Crippen molar-refractivity contribution < 1.29 is 4.92 Å². The van der Waals surface area contributed by atoms with Gasteiger partial charge in [0.2, 0.25) is 0 Å². The van der Waals surface area contributed by atoms with Crippen LogP contribution < -0.4 is 5.32 Å². The molecule has 1 unspecified atom stereocenters. The molecule has 0 saturated heterocycles. The topological polar surface area (TPSA) is 55.2 Å². The molecule has 1 aromatic carbocycles. The lowest BCUT2D eigenvalue weighted by Gasteiger charge is -2.12. The number of thiophene rings is 1. The summed E-state index contributed by atoms with van der Waals surface area (Å²) in [5, 5.41) is 16.3. The lowest BCUT2D eigenvalue weighted by molar-refractivity contribution is -0.385. The van der Waals surface area contributed by atoms with Gasteiger partial charge in [0, 0.05) is 33.6 Å². The van der Waals surface area contributed by atoms with Crippen LogP contribution in [0.3, 0.4) is 0 Å². The van der Waals surface area contributed by atoms with E-state index in [0.717, 1.165) is 4.47 Å². The van der Waals surface area contributed by atoms with E-state index in [1.165, 1.54) is 10.9 Å². The summed E-state index contributed by atoms with van der Waals surface area (Å²) in [4.78, 5) is 11.8. The zero-order chi connectivity index (χ0) is 13.8. The molecule has 1 aromatic heterocycles. The Balaban J connectivity index is 2.10. The Hall–Kier alpha value is -1.24. The standard InChI is InChI=1S/C13H13BrN2O2S/c1-9(13-3-2-6-19-13)15-8-10-7-11(14)4-5-12(10)16(17)18/h2-7,9,15H,8H2,1H3. The third-order valence-electron chi connectivity index (χ3n) is 2.81. The highest BCUT2D eigenvalue weighted by Crippen LogP contribution is 2.24. The van der Waals surface area contributed by atoms with Crippen LogP contribution >= 0.6 is 27.3 Å². The Morgan fingerprint density at radius 3 is 2.89 bits per heavy atom. The van der Waals surface area contributed by atoms with Gasteiger partial charge in [0.15, 0.2) is 0 Å². The zero-order valence-corrected chi connectivity index (χ0v) is 12.7. The van der Waals surface area contributed by atoms with Crippen molar-refractivity contribution in [2.24, 2.45) is 0 Å². The van der Waals surface area contributed by atoms with Crippen molar-refractivity contribution >= 4 is 33.0 Å². The van der Waals surface area contributed by atoms with E-state index >= 15 is 0 Å². The molecule has 2 aromatic rings. The number of nitrogens with zero attached hydrogens (tertiary/aromatic N) is 1. The first kappa shape index (κ1) is 14.2. The molecular weight excluding hydrogens is 328 g/mol. The normalized spacial score (nSPS) is 12.3. The Morgan fingerprint density at radius 2 is 2.26 bits per heavy atom. The third-order valence-corrected chi connectivity index (χ3v) is 4.36. The fourth-order valence-corrected chi connectivity index (χ4v) is 2.94. The van der Waals surface area contributed by atoms with Crippen LogP contribution in [0.5, 0.6) is 0 Å². The molecule has 1 N–H and O–H groups in total. The molecule has 2 rings (SSSR count). The van der Waals surface area contributed by atoms with Gasteiger partial charge in [-0.15, -0.1) is 11.3 Å². The molecule has 0 aliphatic carbocycles. The quantitative estimate of drug-likeness (QED) is 0.653. The molecule has 0 radical (unpaired) electrons. The molecule has 6 heteroatoms. The third kappa shape index (κ3) is 3.62. The van der Waals surface area contributed by atoms with E-state index in [2.05, 4.69) is 34.2 Å². The van der Waals surface area contributed by atoms with Gasteiger partial charge in [-0.1, -0.05) is 22.0 Å². The smallest absolute Gasteiger partial charge is 0.273 e. The monoisotopic (exact) mass is 340 g/mol. The minimum Gasteiger partial charge on any atom is -0.305 e. The van der Waals surface area contributed by atoms with Crippen LogP contribution in [0.1, 0.15) is 23.4 Å². The van der Waals surface area contributed by atoms with E-state index in [1.807, 2.05) is 11.4 Å². The lowest BCUT2D eigenvalue weighted by atomic mass is 10.1. The number of nitro groups is 1. The van der Waals surface area contributed by atoms with Gasteiger partial charge >= 0.3 is 0 Å². The van der Waals surface area contributed by atoms with E-state index in [0.29, 0.717) is 12.1 Å². The molecule has 0 aliphatic rings. The number of hydrogen-bond acceptors (Lipinski definition) is 4. The Labute approximate surface area is 123 Å². The van der Waals surface area contributed by atoms with Crippen LogP contribution in [0, 0.1) is 10.1 Å². The first-order valence-corrected chi connectivity index (χ1v) is 7.45. The lowest BCUT2D eigenvalue weighted by Crippen LogP contribution is -2.17. The summed E-state index contributed by atoms with van der Waals surface area (Å²) in [6.07, 6.45) is 0. The average Bonchev–Trinajstić information content (AvgIpc) is 2.89. The number of nitro benzene ring substituents is 1. The second kappa shape index (κ2) is 6.27. The Kier molecular flexibility index (Phi) is 4.68. The van der Waals surface area contributed by atoms with Gasteiger partial charge < -0.3 is 5.32 Å². The molecule has 19 heavy (non-hydrogen) atoms. The number of halogens is 1. The van der Waals surface area contributed by atoms with Crippen LogP contribution in [0.2, 0.25) is 0 Å². The predicted molar refractivity (Wildman–Crippen MR) is 80.4 cm³/mol. The molecule has 1 atom stereocenters. The predicted octanol–water partition coefficient (Wildman–Crippen LogP) is 4.27. The minimum atomic E-state index is -0.348. The summed E-state index contributed by atoms with van der Waals surface area (Å²) in [5.41, 5.74) is 0.830. The van der Waals surface area contributed by atoms with Gasteiger partial charge in [-0.25, -0.2) is 0 Å². The molecule has 0 bridgehead atoms. The zero-order valence-electron chi connectivity index (χ0n) is 10.3. The highest BCUT2D eigenvalue weighted by molar-refractivity contribution is 9.10. The van der Waals surface area contributed by atoms with Gasteiger partial charge in [0.1, 0.15) is 0 Å². The maximum atomic E-state index is 11.0. The SMILES string of the molecule is CC(NCc1cc(Br)ccc1[N+](=O)[O-])c1cccs1. The summed E-state index contributed by atoms with van der Waals surface area (Å²) >= 11 is 5.02. The van der Waals surface area contributed by atoms with Crippen molar-refractivity contribution in [1.82, 2.24) is 5.32 Å². The fraction of sp³-hybridized carbons (Fsp3) is 0.231. The molecule has 1 heterocycles. The van der Waals surface area contributed by atoms with Crippen LogP contribution in [-0.2, 0) is 6.54 Å². The van der Waals surface area contributed by atoms with Crippen LogP contribution in [0.15, 0.2) is 40.2 Å². The number of hydrogen-bond donors (Lipinski definition) is 1. The van der Waals surface area contributed by atoms with Crippen LogP contribution in [-0.4, -0.2) is 4.92 Å². The molecule has 0 fully saturated rings. The van der Waals surface area contributed by atoms with Crippen molar-refractivity contribution in [3.05, 3.63) is 60.7 Å². The summed E-state index contributed by atoms with van der Waals surface area (Å²) in [7, 11) is 0. The largest absolute Gasteiger partial charge is 0.305 e. The second-order valence-corrected chi connectivity index (χ2v) is 6.04. The minimum absolute atomic E-state index is 0.147. The molecular formula is C13H13BrN2O2S. The van der Waals surface area contributed by atoms with Crippen molar-refractivity contribution in [1.29, 1.82) is 0 Å². The second-order valence-electron chi connectivity index (χ2n) is 4.15. The Morgan fingerprint density at radius 1 is 1.47 bits per heavy atom. The first-order valence-electron chi connectivity index (χ1n) is 5.77. The van der Waals surface area contributed by atoms with Crippen LogP contribution in [0.25, 0.3) is 0 Å². The van der Waals surface area contributed by atoms with E-state index in [1.54, 1.807) is 23.5 Å². The highest BCUT2D eigenvalue weighted by Gasteiger charge is 2.15. The highest BCUT2D eigenvalue weighted by atomic mass is 79.9. The molecule has 100 valence electrons. The van der Waals surface area contributed by atoms with Crippen molar-refractivity contribution in [2.45, 2.75) is 19.5 Å². The molecule has 0 saturated carbocycles. The van der Waals surface area contributed by atoms with Gasteiger partial charge in [0.25, 0.3) is 5.69 Å². The van der Waals surface area contributed by atoms with E-state index < -0.39 is 0 Å². The van der Waals surface area contributed by atoms with Gasteiger partial charge in [-0.2, -0.15) is 0 Å². The van der Waals surface area contributed by atoms with E-state index in [-0.39, 0.29) is 16.7 Å². The maximum Gasteiger partial charge on any atom is 0.273 e. The van der Waals surface area contributed by atoms with Crippen LogP contribution in [0.4, 0.5) is 5.69 Å². The van der Waals surface area contributed by atoms with Crippen molar-refractivity contribution in [3.63, 3.8) is 0 Å². The molecule has 4 nitrogen and oxygen atoms in total. The van der Waals surface area contributed by atoms with Crippen molar-refractivity contribution in [2.75, 3.05) is 0 Å². The summed E-state index contributed by atoms with van der Waals surface area (Å²) < 4.78 is 0.846. The summed E-state index contributed by atoms with van der Waals surface area (Å²) in [5.74, 6) is 0. The maximum absolute atomic E-state index is 11.0. The Bertz CT molecular complexity index is 572. The average molecular weight is 341 g/mol. The van der Waals surface area contributed by atoms with Crippen molar-refractivity contribution in [3.8, 4) is 0 Å². The fourth-order valence-electron chi connectivity index (χ4n) is 1.78. The van der Waals surface area contributed by atoms with Gasteiger partial charge in [0.05, 0.1) is 4.92 Å². The van der Waals surface area contributed by atoms with E-state index in [9.17, 15) is 10.1 Å².